The largest absolute Gasteiger partial charge is 0.416 e. The summed E-state index contributed by atoms with van der Waals surface area (Å²) in [4.78, 5) is 7.13. The van der Waals surface area contributed by atoms with Crippen LogP contribution in [0, 0.1) is 0 Å². The molecule has 21 heavy (non-hydrogen) atoms. The maximum absolute atomic E-state index is 12.8. The van der Waals surface area contributed by atoms with E-state index in [1.807, 2.05) is 0 Å². The fourth-order valence-electron chi connectivity index (χ4n) is 2.20. The molecular formula is C14H18F3N3S. The van der Waals surface area contributed by atoms with Gasteiger partial charge in [0.2, 0.25) is 0 Å². The van der Waals surface area contributed by atoms with Crippen LogP contribution < -0.4 is 5.32 Å². The van der Waals surface area contributed by atoms with Crippen molar-refractivity contribution >= 4 is 16.9 Å². The van der Waals surface area contributed by atoms with Gasteiger partial charge in [-0.1, -0.05) is 30.5 Å². The Morgan fingerprint density at radius 1 is 1.52 bits per heavy atom. The van der Waals surface area contributed by atoms with Crippen molar-refractivity contribution in [3.63, 3.8) is 0 Å². The second kappa shape index (κ2) is 6.70. The van der Waals surface area contributed by atoms with Crippen molar-refractivity contribution in [2.75, 3.05) is 26.2 Å². The van der Waals surface area contributed by atoms with Crippen LogP contribution in [0.1, 0.15) is 6.92 Å². The molecule has 2 aliphatic heterocycles. The molecule has 0 amide bonds. The lowest BCUT2D eigenvalue weighted by molar-refractivity contribution is -0.0882. The van der Waals surface area contributed by atoms with E-state index in [9.17, 15) is 13.2 Å². The van der Waals surface area contributed by atoms with Crippen LogP contribution in [0.5, 0.6) is 0 Å². The molecule has 1 atom stereocenters. The lowest BCUT2D eigenvalue weighted by atomic mass is 10.2. The molecule has 0 aromatic carbocycles. The van der Waals surface area contributed by atoms with E-state index in [1.165, 1.54) is 11.8 Å². The molecule has 0 bridgehead atoms. The second-order valence-electron chi connectivity index (χ2n) is 4.91. The van der Waals surface area contributed by atoms with E-state index in [1.54, 1.807) is 0 Å². The predicted octanol–water partition coefficient (Wildman–Crippen LogP) is 2.94. The first-order valence-corrected chi connectivity index (χ1v) is 7.53. The van der Waals surface area contributed by atoms with E-state index in [2.05, 4.69) is 28.7 Å². The molecule has 0 radical (unpaired) electrons. The van der Waals surface area contributed by atoms with Crippen molar-refractivity contribution in [1.29, 1.82) is 0 Å². The first-order valence-electron chi connectivity index (χ1n) is 6.72. The van der Waals surface area contributed by atoms with Crippen LogP contribution in [-0.4, -0.2) is 48.5 Å². The molecule has 0 unspecified atom stereocenters. The summed E-state index contributed by atoms with van der Waals surface area (Å²) in [6.07, 6.45) is -1.07. The Hall–Kier alpha value is -1.21. The summed E-state index contributed by atoms with van der Waals surface area (Å²) in [6.45, 7) is 8.28. The Balaban J connectivity index is 2.07. The lowest BCUT2D eigenvalue weighted by Crippen LogP contribution is -2.51. The van der Waals surface area contributed by atoms with Crippen LogP contribution in [0.3, 0.4) is 0 Å². The van der Waals surface area contributed by atoms with Crippen molar-refractivity contribution < 1.29 is 13.2 Å². The molecule has 2 rings (SSSR count). The molecule has 1 N–H and O–H groups in total. The molecule has 2 aliphatic rings. The molecule has 0 aromatic heterocycles. The van der Waals surface area contributed by atoms with Gasteiger partial charge >= 0.3 is 6.18 Å². The minimum Gasteiger partial charge on any atom is -0.346 e. The number of thioether (sulfide) groups is 1. The zero-order valence-corrected chi connectivity index (χ0v) is 12.6. The van der Waals surface area contributed by atoms with Crippen molar-refractivity contribution in [1.82, 2.24) is 10.2 Å². The normalized spacial score (nSPS) is 26.2. The highest BCUT2D eigenvalue weighted by Gasteiger charge is 2.33. The highest BCUT2D eigenvalue weighted by atomic mass is 32.2. The summed E-state index contributed by atoms with van der Waals surface area (Å²) in [5.41, 5.74) is -0.690. The van der Waals surface area contributed by atoms with Crippen LogP contribution in [0.4, 0.5) is 13.2 Å². The van der Waals surface area contributed by atoms with Gasteiger partial charge in [0, 0.05) is 30.6 Å². The van der Waals surface area contributed by atoms with Gasteiger partial charge in [0.15, 0.2) is 5.17 Å². The van der Waals surface area contributed by atoms with Gasteiger partial charge in [0.25, 0.3) is 0 Å². The van der Waals surface area contributed by atoms with Crippen LogP contribution in [0.25, 0.3) is 0 Å². The summed E-state index contributed by atoms with van der Waals surface area (Å²) < 4.78 is 38.5. The van der Waals surface area contributed by atoms with Gasteiger partial charge in [-0.2, -0.15) is 13.2 Å². The van der Waals surface area contributed by atoms with Crippen molar-refractivity contribution in [3.05, 3.63) is 35.3 Å². The number of hydrogen-bond donors (Lipinski definition) is 1. The number of hydrogen-bond acceptors (Lipinski definition) is 4. The van der Waals surface area contributed by atoms with Crippen LogP contribution >= 0.6 is 11.8 Å². The third-order valence-corrected chi connectivity index (χ3v) is 4.34. The number of rotatable bonds is 2. The number of allylic oxidation sites excluding steroid dienone is 4. The highest BCUT2D eigenvalue weighted by Crippen LogP contribution is 2.33. The number of nitrogens with zero attached hydrogens (tertiary/aromatic N) is 2. The highest BCUT2D eigenvalue weighted by molar-refractivity contribution is 8.17. The van der Waals surface area contributed by atoms with E-state index in [-0.39, 0.29) is 0 Å². The van der Waals surface area contributed by atoms with E-state index in [0.29, 0.717) is 17.5 Å². The van der Waals surface area contributed by atoms with Gasteiger partial charge < -0.3 is 10.2 Å². The number of alkyl halides is 3. The first-order chi connectivity index (χ1) is 9.91. The third kappa shape index (κ3) is 4.14. The van der Waals surface area contributed by atoms with Crippen LogP contribution in [0.15, 0.2) is 40.3 Å². The Kier molecular flexibility index (Phi) is 5.16. The Morgan fingerprint density at radius 3 is 2.90 bits per heavy atom. The van der Waals surface area contributed by atoms with E-state index in [0.717, 1.165) is 43.0 Å². The van der Waals surface area contributed by atoms with Crippen molar-refractivity contribution in [2.24, 2.45) is 4.99 Å². The summed E-state index contributed by atoms with van der Waals surface area (Å²) in [6, 6.07) is 0.301. The number of nitrogens with one attached hydrogen (secondary N) is 1. The third-order valence-electron chi connectivity index (χ3n) is 3.28. The van der Waals surface area contributed by atoms with Gasteiger partial charge in [-0.05, 0) is 13.0 Å². The van der Waals surface area contributed by atoms with Gasteiger partial charge in [0.1, 0.15) is 0 Å². The molecule has 0 saturated carbocycles. The van der Waals surface area contributed by atoms with Crippen LogP contribution in [0.2, 0.25) is 0 Å². The van der Waals surface area contributed by atoms with Gasteiger partial charge in [-0.15, -0.1) is 0 Å². The molecule has 7 heteroatoms. The second-order valence-corrected chi connectivity index (χ2v) is 6.01. The molecule has 0 aliphatic carbocycles. The van der Waals surface area contributed by atoms with Gasteiger partial charge in [-0.25, -0.2) is 0 Å². The average Bonchev–Trinajstić information content (AvgIpc) is 2.86. The summed E-state index contributed by atoms with van der Waals surface area (Å²) in [5.74, 6) is 0. The quantitative estimate of drug-likeness (QED) is 0.794. The molecule has 1 fully saturated rings. The Morgan fingerprint density at radius 2 is 2.29 bits per heavy atom. The molecule has 3 nitrogen and oxygen atoms in total. The Bertz CT molecular complexity index is 494. The average molecular weight is 317 g/mol. The van der Waals surface area contributed by atoms with Crippen LogP contribution in [-0.2, 0) is 0 Å². The van der Waals surface area contributed by atoms with Crippen molar-refractivity contribution in [3.8, 4) is 0 Å². The lowest BCUT2D eigenvalue weighted by Gasteiger charge is -2.34. The summed E-state index contributed by atoms with van der Waals surface area (Å²) in [7, 11) is 0. The SMILES string of the molecule is C=C/C=C(\C=C1/CN=C(N2CCNC[C@@H]2C)S1)C(F)(F)F. The van der Waals surface area contributed by atoms with E-state index < -0.39 is 11.7 Å². The predicted molar refractivity (Wildman–Crippen MR) is 81.3 cm³/mol. The standard InChI is InChI=1S/C14H18F3N3S/c1-3-4-11(14(15,16)17)7-12-9-19-13(21-12)20-6-5-18-8-10(20)2/h3-4,7,10,18H,1,5-6,8-9H2,2H3/b11-4+,12-7+/t10-/m0/s1. The Labute approximate surface area is 126 Å². The number of piperazine rings is 1. The molecule has 2 heterocycles. The first kappa shape index (κ1) is 16.2. The summed E-state index contributed by atoms with van der Waals surface area (Å²) in [5, 5.41) is 4.09. The molecule has 1 saturated heterocycles. The van der Waals surface area contributed by atoms with Crippen molar-refractivity contribution in [2.45, 2.75) is 19.1 Å². The minimum atomic E-state index is -4.37. The maximum atomic E-state index is 12.8. The minimum absolute atomic E-state index is 0.301. The zero-order valence-electron chi connectivity index (χ0n) is 11.8. The number of halogens is 3. The van der Waals surface area contributed by atoms with E-state index >= 15 is 0 Å². The smallest absolute Gasteiger partial charge is 0.346 e. The fraction of sp³-hybridized carbons (Fsp3) is 0.500. The molecule has 116 valence electrons. The number of amidine groups is 1. The van der Waals surface area contributed by atoms with Gasteiger partial charge in [-0.3, -0.25) is 4.99 Å². The maximum Gasteiger partial charge on any atom is 0.416 e. The zero-order chi connectivity index (χ0) is 15.5. The molecular weight excluding hydrogens is 299 g/mol. The topological polar surface area (TPSA) is 27.6 Å². The van der Waals surface area contributed by atoms with Gasteiger partial charge in [0.05, 0.1) is 12.1 Å². The summed E-state index contributed by atoms with van der Waals surface area (Å²) >= 11 is 1.33. The van der Waals surface area contributed by atoms with E-state index in [4.69, 9.17) is 0 Å². The molecule has 0 spiro atoms. The fourth-order valence-corrected chi connectivity index (χ4v) is 3.27. The monoisotopic (exact) mass is 317 g/mol. The molecule has 0 aromatic rings. The number of aliphatic imine (C=N–C) groups is 1.